The lowest BCUT2D eigenvalue weighted by Gasteiger charge is -2.25. The molecule has 0 radical (unpaired) electrons. The van der Waals surface area contributed by atoms with Crippen LogP contribution in [-0.4, -0.2) is 79.4 Å². The van der Waals surface area contributed by atoms with Crippen LogP contribution in [0.2, 0.25) is 0 Å². The fourth-order valence-electron chi connectivity index (χ4n) is 3.99. The highest BCUT2D eigenvalue weighted by molar-refractivity contribution is 5.94. The summed E-state index contributed by atoms with van der Waals surface area (Å²) in [6.07, 6.45) is 0.468. The van der Waals surface area contributed by atoms with Crippen LogP contribution in [0.15, 0.2) is 30.3 Å². The van der Waals surface area contributed by atoms with Gasteiger partial charge in [0.15, 0.2) is 0 Å². The minimum absolute atomic E-state index is 0.0348. The van der Waals surface area contributed by atoms with E-state index in [-0.39, 0.29) is 24.3 Å². The number of amides is 2. The first-order valence-corrected chi connectivity index (χ1v) is 11.0. The summed E-state index contributed by atoms with van der Waals surface area (Å²) < 4.78 is 0. The van der Waals surface area contributed by atoms with Crippen LogP contribution >= 0.6 is 0 Å². The van der Waals surface area contributed by atoms with Crippen molar-refractivity contribution in [3.63, 3.8) is 0 Å². The third-order valence-corrected chi connectivity index (χ3v) is 5.74. The van der Waals surface area contributed by atoms with Gasteiger partial charge in [-0.05, 0) is 38.6 Å². The number of likely N-dealkylation sites (tertiary alicyclic amines) is 1. The predicted octanol–water partition coefficient (Wildman–Crippen LogP) is 2.28. The van der Waals surface area contributed by atoms with E-state index >= 15 is 0 Å². The van der Waals surface area contributed by atoms with Crippen molar-refractivity contribution in [2.45, 2.75) is 32.7 Å². The number of nitrogens with zero attached hydrogens (tertiary/aromatic N) is 6. The summed E-state index contributed by atoms with van der Waals surface area (Å²) in [4.78, 5) is 41.9. The van der Waals surface area contributed by atoms with Crippen LogP contribution in [0.25, 0.3) is 0 Å². The van der Waals surface area contributed by atoms with Gasteiger partial charge >= 0.3 is 0 Å². The first-order valence-electron chi connectivity index (χ1n) is 11.0. The molecule has 2 aromatic rings. The maximum absolute atomic E-state index is 13.0. The van der Waals surface area contributed by atoms with Crippen LogP contribution in [0.3, 0.4) is 0 Å². The second kappa shape index (κ2) is 10.1. The van der Waals surface area contributed by atoms with E-state index in [1.165, 1.54) is 0 Å². The van der Waals surface area contributed by atoms with E-state index in [2.05, 4.69) is 4.98 Å². The minimum Gasteiger partial charge on any atom is -0.363 e. The molecule has 0 aliphatic carbocycles. The van der Waals surface area contributed by atoms with E-state index in [4.69, 9.17) is 4.98 Å². The van der Waals surface area contributed by atoms with Gasteiger partial charge in [-0.3, -0.25) is 14.5 Å². The fraction of sp³-hybridized carbons (Fsp3) is 0.500. The molecule has 3 rings (SSSR count). The Morgan fingerprint density at radius 2 is 1.94 bits per heavy atom. The zero-order chi connectivity index (χ0) is 23.4. The lowest BCUT2D eigenvalue weighted by atomic mass is 10.0. The number of benzene rings is 1. The van der Waals surface area contributed by atoms with Crippen molar-refractivity contribution in [1.29, 1.82) is 0 Å². The molecule has 0 saturated carbocycles. The number of likely N-dealkylation sites (N-methyl/N-ethyl adjacent to an activating group) is 3. The molecule has 0 N–H and O–H groups in total. The van der Waals surface area contributed by atoms with Crippen molar-refractivity contribution in [2.24, 2.45) is 0 Å². The SMILES string of the molecule is CCN(C(=O)CN(C)Cc1nc([C@H]2CC(=O)N(C)C2)cc(N(C)C)n1)c1cccc(C)c1. The van der Waals surface area contributed by atoms with E-state index in [9.17, 15) is 9.59 Å². The van der Waals surface area contributed by atoms with Gasteiger partial charge in [0.1, 0.15) is 11.6 Å². The third kappa shape index (κ3) is 5.62. The summed E-state index contributed by atoms with van der Waals surface area (Å²) in [5.41, 5.74) is 2.92. The average Bonchev–Trinajstić information content (AvgIpc) is 3.06. The summed E-state index contributed by atoms with van der Waals surface area (Å²) >= 11 is 0. The van der Waals surface area contributed by atoms with Crippen molar-refractivity contribution in [3.8, 4) is 0 Å². The smallest absolute Gasteiger partial charge is 0.241 e. The molecule has 1 fully saturated rings. The van der Waals surface area contributed by atoms with Gasteiger partial charge < -0.3 is 14.7 Å². The molecule has 0 spiro atoms. The Morgan fingerprint density at radius 3 is 2.53 bits per heavy atom. The summed E-state index contributed by atoms with van der Waals surface area (Å²) in [6.45, 7) is 5.99. The van der Waals surface area contributed by atoms with Gasteiger partial charge in [0.2, 0.25) is 11.8 Å². The molecule has 2 heterocycles. The van der Waals surface area contributed by atoms with E-state index in [0.717, 1.165) is 22.8 Å². The first-order chi connectivity index (χ1) is 15.2. The number of aromatic nitrogens is 2. The average molecular weight is 439 g/mol. The quantitative estimate of drug-likeness (QED) is 0.630. The lowest BCUT2D eigenvalue weighted by Crippen LogP contribution is -2.39. The van der Waals surface area contributed by atoms with Crippen LogP contribution in [0.5, 0.6) is 0 Å². The molecule has 1 aromatic heterocycles. The number of aryl methyl sites for hydroxylation is 1. The monoisotopic (exact) mass is 438 g/mol. The van der Waals surface area contributed by atoms with Crippen molar-refractivity contribution in [2.75, 3.05) is 57.6 Å². The summed E-state index contributed by atoms with van der Waals surface area (Å²) in [5.74, 6) is 1.70. The predicted molar refractivity (Wildman–Crippen MR) is 127 cm³/mol. The molecule has 1 saturated heterocycles. The Bertz CT molecular complexity index is 977. The highest BCUT2D eigenvalue weighted by Crippen LogP contribution is 2.28. The molecule has 1 aliphatic heterocycles. The molecule has 0 bridgehead atoms. The zero-order valence-electron chi connectivity index (χ0n) is 20.0. The number of hydrogen-bond donors (Lipinski definition) is 0. The normalized spacial score (nSPS) is 16.0. The fourth-order valence-corrected chi connectivity index (χ4v) is 3.99. The van der Waals surface area contributed by atoms with E-state index in [1.807, 2.05) is 82.2 Å². The summed E-state index contributed by atoms with van der Waals surface area (Å²) in [7, 11) is 7.61. The molecule has 0 unspecified atom stereocenters. The van der Waals surface area contributed by atoms with Gasteiger partial charge in [-0.25, -0.2) is 9.97 Å². The molecule has 32 heavy (non-hydrogen) atoms. The van der Waals surface area contributed by atoms with E-state index in [1.54, 1.807) is 9.80 Å². The van der Waals surface area contributed by atoms with E-state index < -0.39 is 0 Å². The van der Waals surface area contributed by atoms with E-state index in [0.29, 0.717) is 31.9 Å². The van der Waals surface area contributed by atoms with Crippen LogP contribution in [0.1, 0.15) is 36.3 Å². The Hall–Kier alpha value is -3.00. The highest BCUT2D eigenvalue weighted by atomic mass is 16.2. The number of hydrogen-bond acceptors (Lipinski definition) is 6. The van der Waals surface area contributed by atoms with Gasteiger partial charge in [-0.15, -0.1) is 0 Å². The maximum atomic E-state index is 13.0. The molecule has 2 amide bonds. The molecule has 1 aromatic carbocycles. The van der Waals surface area contributed by atoms with Crippen LogP contribution < -0.4 is 9.80 Å². The van der Waals surface area contributed by atoms with Gasteiger partial charge in [0, 0.05) is 58.3 Å². The van der Waals surface area contributed by atoms with Crippen molar-refractivity contribution >= 4 is 23.3 Å². The lowest BCUT2D eigenvalue weighted by molar-refractivity contribution is -0.126. The zero-order valence-corrected chi connectivity index (χ0v) is 20.0. The Morgan fingerprint density at radius 1 is 1.19 bits per heavy atom. The van der Waals surface area contributed by atoms with Gasteiger partial charge in [0.25, 0.3) is 0 Å². The molecular formula is C24H34N6O2. The van der Waals surface area contributed by atoms with Gasteiger partial charge in [-0.2, -0.15) is 0 Å². The molecular weight excluding hydrogens is 404 g/mol. The minimum atomic E-state index is 0.0348. The van der Waals surface area contributed by atoms with Crippen LogP contribution in [0, 0.1) is 6.92 Å². The molecule has 1 atom stereocenters. The second-order valence-electron chi connectivity index (χ2n) is 8.79. The number of carbonyl (C=O) groups excluding carboxylic acids is 2. The molecule has 8 nitrogen and oxygen atoms in total. The number of carbonyl (C=O) groups is 2. The first kappa shape index (κ1) is 23.7. The molecule has 8 heteroatoms. The molecule has 1 aliphatic rings. The van der Waals surface area contributed by atoms with Gasteiger partial charge in [-0.1, -0.05) is 12.1 Å². The van der Waals surface area contributed by atoms with Crippen molar-refractivity contribution in [3.05, 3.63) is 47.4 Å². The summed E-state index contributed by atoms with van der Waals surface area (Å²) in [5, 5.41) is 0. The largest absolute Gasteiger partial charge is 0.363 e. The topological polar surface area (TPSA) is 72.9 Å². The summed E-state index contributed by atoms with van der Waals surface area (Å²) in [6, 6.07) is 9.94. The highest BCUT2D eigenvalue weighted by Gasteiger charge is 2.30. The Kier molecular flexibility index (Phi) is 7.45. The van der Waals surface area contributed by atoms with Crippen molar-refractivity contribution < 1.29 is 9.59 Å². The van der Waals surface area contributed by atoms with Crippen molar-refractivity contribution in [1.82, 2.24) is 19.8 Å². The molecule has 172 valence electrons. The maximum Gasteiger partial charge on any atom is 0.241 e. The Labute approximate surface area is 190 Å². The second-order valence-corrected chi connectivity index (χ2v) is 8.79. The third-order valence-electron chi connectivity index (χ3n) is 5.74. The van der Waals surface area contributed by atoms with Crippen LogP contribution in [-0.2, 0) is 16.1 Å². The number of rotatable bonds is 8. The standard InChI is InChI=1S/C24H34N6O2/c1-7-30(19-10-8-9-17(2)11-19)24(32)16-28(5)15-21-25-20(13-22(26-21)27(3)4)18-12-23(31)29(6)14-18/h8-11,13,18H,7,12,14-16H2,1-6H3/t18-/m0/s1. The number of anilines is 2. The van der Waals surface area contributed by atoms with Gasteiger partial charge in [0.05, 0.1) is 18.8 Å². The Balaban J connectivity index is 1.74. The van der Waals surface area contributed by atoms with Crippen LogP contribution in [0.4, 0.5) is 11.5 Å².